The molecule has 2 aliphatic carbocycles. The van der Waals surface area contributed by atoms with Crippen molar-refractivity contribution >= 4 is 0 Å². The second-order valence-corrected chi connectivity index (χ2v) is 8.50. The second kappa shape index (κ2) is 8.51. The van der Waals surface area contributed by atoms with Gasteiger partial charge in [0.1, 0.15) is 12.2 Å². The fourth-order valence-electron chi connectivity index (χ4n) is 4.43. The molecular weight excluding hydrogens is 316 g/mol. The zero-order valence-electron chi connectivity index (χ0n) is 15.7. The van der Waals surface area contributed by atoms with Gasteiger partial charge in [-0.15, -0.1) is 0 Å². The molecular formula is C21H34O4. The Labute approximate surface area is 152 Å². The van der Waals surface area contributed by atoms with Gasteiger partial charge >= 0.3 is 0 Å². The fraction of sp³-hybridized carbons (Fsp3) is 0.905. The van der Waals surface area contributed by atoms with Crippen molar-refractivity contribution in [2.24, 2.45) is 11.8 Å². The van der Waals surface area contributed by atoms with Crippen LogP contribution in [0.25, 0.3) is 0 Å². The van der Waals surface area contributed by atoms with Gasteiger partial charge in [-0.2, -0.15) is 0 Å². The van der Waals surface area contributed by atoms with Gasteiger partial charge in [-0.1, -0.05) is 11.6 Å². The predicted octanol–water partition coefficient (Wildman–Crippen LogP) is 3.88. The Balaban J connectivity index is 1.14. The van der Waals surface area contributed by atoms with Crippen LogP contribution in [0.1, 0.15) is 58.3 Å². The van der Waals surface area contributed by atoms with Crippen LogP contribution < -0.4 is 0 Å². The molecule has 0 aromatic rings. The molecule has 2 saturated carbocycles. The van der Waals surface area contributed by atoms with Crippen LogP contribution in [0.5, 0.6) is 0 Å². The lowest BCUT2D eigenvalue weighted by Gasteiger charge is -2.31. The van der Waals surface area contributed by atoms with Gasteiger partial charge in [0, 0.05) is 0 Å². The first-order valence-corrected chi connectivity index (χ1v) is 10.4. The quantitative estimate of drug-likeness (QED) is 0.492. The van der Waals surface area contributed by atoms with Crippen LogP contribution in [-0.4, -0.2) is 50.8 Å². The van der Waals surface area contributed by atoms with E-state index in [4.69, 9.17) is 18.9 Å². The van der Waals surface area contributed by atoms with E-state index in [9.17, 15) is 0 Å². The molecule has 2 heterocycles. The van der Waals surface area contributed by atoms with Gasteiger partial charge in [-0.05, 0) is 70.1 Å². The van der Waals surface area contributed by atoms with Crippen LogP contribution in [0.3, 0.4) is 0 Å². The molecule has 142 valence electrons. The summed E-state index contributed by atoms with van der Waals surface area (Å²) < 4.78 is 22.4. The Kier molecular flexibility index (Phi) is 6.12. The molecule has 2 saturated heterocycles. The van der Waals surface area contributed by atoms with Gasteiger partial charge in [0.2, 0.25) is 0 Å². The summed E-state index contributed by atoms with van der Waals surface area (Å²) in [4.78, 5) is 0. The van der Waals surface area contributed by atoms with Gasteiger partial charge in [-0.25, -0.2) is 0 Å². The Bertz CT molecular complexity index is 439. The summed E-state index contributed by atoms with van der Waals surface area (Å²) >= 11 is 0. The van der Waals surface area contributed by atoms with Crippen LogP contribution >= 0.6 is 0 Å². The smallest absolute Gasteiger partial charge is 0.104 e. The number of ether oxygens (including phenoxy) is 4. The Morgan fingerprint density at radius 2 is 1.28 bits per heavy atom. The van der Waals surface area contributed by atoms with E-state index >= 15 is 0 Å². The van der Waals surface area contributed by atoms with E-state index in [0.717, 1.165) is 38.3 Å². The van der Waals surface area contributed by atoms with Crippen LogP contribution in [0.4, 0.5) is 0 Å². The molecule has 0 radical (unpaired) electrons. The minimum Gasteiger partial charge on any atom is -0.375 e. The summed E-state index contributed by atoms with van der Waals surface area (Å²) in [5.74, 6) is 1.54. The third kappa shape index (κ3) is 5.78. The van der Waals surface area contributed by atoms with Crippen LogP contribution in [0.2, 0.25) is 0 Å². The molecule has 4 aliphatic rings. The molecule has 0 amide bonds. The van der Waals surface area contributed by atoms with Crippen molar-refractivity contribution < 1.29 is 18.9 Å². The standard InChI is InChI=1S/C21H34O4/c1-15(17-4-8-19(9-5-17)23-12-21-14-25-21)10-16-2-6-18(7-3-16)22-11-20-13-24-20/h10,16-21H,2-9,11-14H2,1H3. The SMILES string of the molecule is CC(=CC1CCC(OCC2CO2)CC1)C1CCC(OCC2CO2)CC1. The Morgan fingerprint density at radius 1 is 0.800 bits per heavy atom. The van der Waals surface area contributed by atoms with E-state index in [1.807, 2.05) is 0 Å². The van der Waals surface area contributed by atoms with Crippen molar-refractivity contribution in [1.29, 1.82) is 0 Å². The van der Waals surface area contributed by atoms with Crippen LogP contribution in [0, 0.1) is 11.8 Å². The third-order valence-corrected chi connectivity index (χ3v) is 6.38. The maximum atomic E-state index is 5.97. The number of hydrogen-bond acceptors (Lipinski definition) is 4. The van der Waals surface area contributed by atoms with Crippen LogP contribution in [0.15, 0.2) is 11.6 Å². The average molecular weight is 350 g/mol. The number of allylic oxidation sites excluding steroid dienone is 2. The van der Waals surface area contributed by atoms with Crippen molar-refractivity contribution in [2.75, 3.05) is 26.4 Å². The largest absolute Gasteiger partial charge is 0.375 e. The first kappa shape index (κ1) is 18.0. The van der Waals surface area contributed by atoms with Gasteiger partial charge in [-0.3, -0.25) is 0 Å². The molecule has 2 unspecified atom stereocenters. The summed E-state index contributed by atoms with van der Waals surface area (Å²) in [7, 11) is 0. The lowest BCUT2D eigenvalue weighted by molar-refractivity contribution is 0.0123. The molecule has 2 atom stereocenters. The summed E-state index contributed by atoms with van der Waals surface area (Å²) in [6, 6.07) is 0. The number of hydrogen-bond donors (Lipinski definition) is 0. The lowest BCUT2D eigenvalue weighted by Crippen LogP contribution is -2.25. The highest BCUT2D eigenvalue weighted by Gasteiger charge is 2.29. The molecule has 0 spiro atoms. The normalized spacial score (nSPS) is 41.6. The minimum atomic E-state index is 0.398. The fourth-order valence-corrected chi connectivity index (χ4v) is 4.43. The third-order valence-electron chi connectivity index (χ3n) is 6.38. The maximum Gasteiger partial charge on any atom is 0.104 e. The summed E-state index contributed by atoms with van der Waals surface area (Å²) in [6.07, 6.45) is 14.3. The highest BCUT2D eigenvalue weighted by atomic mass is 16.6. The molecule has 0 aromatic heterocycles. The van der Waals surface area contributed by atoms with Crippen molar-refractivity contribution in [1.82, 2.24) is 0 Å². The zero-order valence-corrected chi connectivity index (χ0v) is 15.7. The summed E-state index contributed by atoms with van der Waals surface area (Å²) in [6.45, 7) is 5.78. The highest BCUT2D eigenvalue weighted by molar-refractivity contribution is 5.08. The van der Waals surface area contributed by atoms with E-state index in [-0.39, 0.29) is 0 Å². The van der Waals surface area contributed by atoms with E-state index in [2.05, 4.69) is 13.0 Å². The monoisotopic (exact) mass is 350 g/mol. The molecule has 0 N–H and O–H groups in total. The first-order valence-electron chi connectivity index (χ1n) is 10.4. The second-order valence-electron chi connectivity index (χ2n) is 8.50. The van der Waals surface area contributed by atoms with Gasteiger partial charge in [0.05, 0.1) is 38.6 Å². The van der Waals surface area contributed by atoms with Gasteiger partial charge < -0.3 is 18.9 Å². The molecule has 2 aliphatic heterocycles. The number of rotatable bonds is 8. The lowest BCUT2D eigenvalue weighted by atomic mass is 9.79. The molecule has 0 aromatic carbocycles. The van der Waals surface area contributed by atoms with Gasteiger partial charge in [0.15, 0.2) is 0 Å². The van der Waals surface area contributed by atoms with E-state index in [1.54, 1.807) is 5.57 Å². The van der Waals surface area contributed by atoms with E-state index in [1.165, 1.54) is 51.4 Å². The minimum absolute atomic E-state index is 0.398. The van der Waals surface area contributed by atoms with E-state index < -0.39 is 0 Å². The van der Waals surface area contributed by atoms with Crippen molar-refractivity contribution in [3.8, 4) is 0 Å². The molecule has 25 heavy (non-hydrogen) atoms. The van der Waals surface area contributed by atoms with E-state index in [0.29, 0.717) is 24.4 Å². The molecule has 4 rings (SSSR count). The average Bonchev–Trinajstić information content (AvgIpc) is 3.55. The topological polar surface area (TPSA) is 43.5 Å². The van der Waals surface area contributed by atoms with Crippen molar-refractivity contribution in [3.63, 3.8) is 0 Å². The number of epoxide rings is 2. The molecule has 0 bridgehead atoms. The zero-order chi connectivity index (χ0) is 17.1. The first-order chi connectivity index (χ1) is 12.3. The van der Waals surface area contributed by atoms with Crippen LogP contribution in [-0.2, 0) is 18.9 Å². The Morgan fingerprint density at radius 3 is 1.76 bits per heavy atom. The summed E-state index contributed by atoms with van der Waals surface area (Å²) in [5.41, 5.74) is 1.62. The molecule has 4 heteroatoms. The maximum absolute atomic E-state index is 5.97. The molecule has 4 fully saturated rings. The molecule has 4 nitrogen and oxygen atoms in total. The van der Waals surface area contributed by atoms with Gasteiger partial charge in [0.25, 0.3) is 0 Å². The van der Waals surface area contributed by atoms with Crippen molar-refractivity contribution in [2.45, 2.75) is 82.7 Å². The highest BCUT2D eigenvalue weighted by Crippen LogP contribution is 2.35. The Hall–Kier alpha value is -0.420. The van der Waals surface area contributed by atoms with Crippen molar-refractivity contribution in [3.05, 3.63) is 11.6 Å². The predicted molar refractivity (Wildman–Crippen MR) is 96.6 cm³/mol. The summed E-state index contributed by atoms with van der Waals surface area (Å²) in [5, 5.41) is 0.